The Morgan fingerprint density at radius 1 is 1.38 bits per heavy atom. The summed E-state index contributed by atoms with van der Waals surface area (Å²) in [5.41, 5.74) is 0.867. The van der Waals surface area contributed by atoms with Gasteiger partial charge in [-0.05, 0) is 42.4 Å². The first-order valence-electron chi connectivity index (χ1n) is 6.81. The summed E-state index contributed by atoms with van der Waals surface area (Å²) in [5, 5.41) is 13.1. The number of rotatable bonds is 4. The Morgan fingerprint density at radius 2 is 2.06 bits per heavy atom. The van der Waals surface area contributed by atoms with E-state index in [1.165, 1.54) is 19.3 Å². The van der Waals surface area contributed by atoms with E-state index in [0.29, 0.717) is 16.9 Å². The molecule has 2 nitrogen and oxygen atoms in total. The maximum absolute atomic E-state index is 9.35. The normalized spacial score (nSPS) is 42.6. The highest BCUT2D eigenvalue weighted by Crippen LogP contribution is 2.62. The van der Waals surface area contributed by atoms with Crippen molar-refractivity contribution >= 4 is 0 Å². The average Bonchev–Trinajstić information content (AvgIpc) is 2.69. The highest BCUT2D eigenvalue weighted by Gasteiger charge is 2.59. The second kappa shape index (κ2) is 3.99. The highest BCUT2D eigenvalue weighted by molar-refractivity contribution is 5.12. The number of fused-ring (bicyclic) bond motifs is 2. The predicted molar refractivity (Wildman–Crippen MR) is 67.3 cm³/mol. The molecule has 0 radical (unpaired) electrons. The third-order valence-corrected chi connectivity index (χ3v) is 5.39. The Balaban J connectivity index is 2.13. The summed E-state index contributed by atoms with van der Waals surface area (Å²) < 4.78 is 0. The van der Waals surface area contributed by atoms with Crippen molar-refractivity contribution in [2.24, 2.45) is 16.7 Å². The quantitative estimate of drug-likeness (QED) is 0.770. The smallest absolute Gasteiger partial charge is 0.0584 e. The Morgan fingerprint density at radius 3 is 2.50 bits per heavy atom. The van der Waals surface area contributed by atoms with E-state index in [1.807, 2.05) is 0 Å². The number of aliphatic hydroxyl groups excluding tert-OH is 1. The molecule has 2 bridgehead atoms. The van der Waals surface area contributed by atoms with Gasteiger partial charge in [0.05, 0.1) is 6.61 Å². The first-order valence-corrected chi connectivity index (χ1v) is 6.81. The monoisotopic (exact) mass is 225 g/mol. The maximum Gasteiger partial charge on any atom is 0.0584 e. The lowest BCUT2D eigenvalue weighted by Crippen LogP contribution is -2.54. The fourth-order valence-corrected chi connectivity index (χ4v) is 4.25. The molecule has 0 heterocycles. The summed E-state index contributed by atoms with van der Waals surface area (Å²) in [6.45, 7) is 9.66. The summed E-state index contributed by atoms with van der Waals surface area (Å²) in [6.07, 6.45) is 5.15. The molecule has 94 valence electrons. The standard InChI is InChI=1S/C14H27NO/c1-5-11(9-16)15-12-13(2,3)10-6-7-14(12,4)8-10/h10-12,15-16H,5-9H2,1-4H3/t10-,11+,12?,14+/m0/s1. The van der Waals surface area contributed by atoms with Crippen LogP contribution in [0, 0.1) is 16.7 Å². The Hall–Kier alpha value is -0.0800. The maximum atomic E-state index is 9.35. The van der Waals surface area contributed by atoms with Crippen molar-refractivity contribution in [2.75, 3.05) is 6.61 Å². The van der Waals surface area contributed by atoms with Crippen molar-refractivity contribution in [3.05, 3.63) is 0 Å². The van der Waals surface area contributed by atoms with Crippen LogP contribution in [0.1, 0.15) is 53.4 Å². The minimum Gasteiger partial charge on any atom is -0.395 e. The predicted octanol–water partition coefficient (Wildman–Crippen LogP) is 2.56. The van der Waals surface area contributed by atoms with E-state index in [1.54, 1.807) is 0 Å². The van der Waals surface area contributed by atoms with Crippen molar-refractivity contribution in [1.29, 1.82) is 0 Å². The lowest BCUT2D eigenvalue weighted by Gasteiger charge is -2.44. The summed E-state index contributed by atoms with van der Waals surface area (Å²) >= 11 is 0. The Bertz CT molecular complexity index is 255. The number of aliphatic hydroxyl groups is 1. The van der Waals surface area contributed by atoms with E-state index in [9.17, 15) is 5.11 Å². The molecule has 2 aliphatic rings. The van der Waals surface area contributed by atoms with Crippen LogP contribution in [0.5, 0.6) is 0 Å². The van der Waals surface area contributed by atoms with Gasteiger partial charge in [-0.25, -0.2) is 0 Å². The van der Waals surface area contributed by atoms with Crippen LogP contribution in [0.3, 0.4) is 0 Å². The first-order chi connectivity index (χ1) is 7.44. The van der Waals surface area contributed by atoms with Crippen molar-refractivity contribution in [3.63, 3.8) is 0 Å². The first kappa shape index (κ1) is 12.4. The molecule has 2 fully saturated rings. The van der Waals surface area contributed by atoms with Crippen molar-refractivity contribution in [1.82, 2.24) is 5.32 Å². The van der Waals surface area contributed by atoms with Gasteiger partial charge >= 0.3 is 0 Å². The van der Waals surface area contributed by atoms with E-state index >= 15 is 0 Å². The van der Waals surface area contributed by atoms with Gasteiger partial charge in [-0.2, -0.15) is 0 Å². The average molecular weight is 225 g/mol. The van der Waals surface area contributed by atoms with Gasteiger partial charge in [-0.3, -0.25) is 0 Å². The number of hydrogen-bond donors (Lipinski definition) is 2. The van der Waals surface area contributed by atoms with Gasteiger partial charge in [0.1, 0.15) is 0 Å². The molecule has 0 aromatic rings. The van der Waals surface area contributed by atoms with Crippen molar-refractivity contribution in [3.8, 4) is 0 Å². The van der Waals surface area contributed by atoms with Gasteiger partial charge in [0.2, 0.25) is 0 Å². The zero-order valence-corrected chi connectivity index (χ0v) is 11.2. The molecule has 0 saturated heterocycles. The van der Waals surface area contributed by atoms with E-state index in [4.69, 9.17) is 0 Å². The van der Waals surface area contributed by atoms with E-state index in [2.05, 4.69) is 33.0 Å². The molecule has 0 aromatic carbocycles. The van der Waals surface area contributed by atoms with Crippen LogP contribution in [-0.2, 0) is 0 Å². The molecular formula is C14H27NO. The van der Waals surface area contributed by atoms with Crippen molar-refractivity contribution < 1.29 is 5.11 Å². The zero-order chi connectivity index (χ0) is 12.0. The molecular weight excluding hydrogens is 198 g/mol. The second-order valence-electron chi connectivity index (χ2n) is 6.80. The van der Waals surface area contributed by atoms with Crippen LogP contribution >= 0.6 is 0 Å². The van der Waals surface area contributed by atoms with E-state index in [0.717, 1.165) is 12.3 Å². The summed E-state index contributed by atoms with van der Waals surface area (Å²) in [7, 11) is 0. The minimum absolute atomic E-state index is 0.268. The van der Waals surface area contributed by atoms with Gasteiger partial charge in [0.15, 0.2) is 0 Å². The molecule has 4 atom stereocenters. The van der Waals surface area contributed by atoms with Gasteiger partial charge in [0.25, 0.3) is 0 Å². The molecule has 0 aromatic heterocycles. The van der Waals surface area contributed by atoms with Crippen LogP contribution in [0.2, 0.25) is 0 Å². The lowest BCUT2D eigenvalue weighted by atomic mass is 9.68. The van der Waals surface area contributed by atoms with Crippen LogP contribution in [0.15, 0.2) is 0 Å². The van der Waals surface area contributed by atoms with E-state index in [-0.39, 0.29) is 12.6 Å². The SMILES string of the molecule is CC[C@H](CO)NC1C(C)(C)[C@H]2CC[C@]1(C)C2. The fourth-order valence-electron chi connectivity index (χ4n) is 4.25. The van der Waals surface area contributed by atoms with Crippen LogP contribution in [0.4, 0.5) is 0 Å². The van der Waals surface area contributed by atoms with Gasteiger partial charge < -0.3 is 10.4 Å². The largest absolute Gasteiger partial charge is 0.395 e. The molecule has 0 amide bonds. The molecule has 2 saturated carbocycles. The third-order valence-electron chi connectivity index (χ3n) is 5.39. The Kier molecular flexibility index (Phi) is 3.09. The van der Waals surface area contributed by atoms with Crippen LogP contribution < -0.4 is 5.32 Å². The Labute approximate surface area is 99.8 Å². The summed E-state index contributed by atoms with van der Waals surface area (Å²) in [5.74, 6) is 0.881. The van der Waals surface area contributed by atoms with Gasteiger partial charge in [0, 0.05) is 12.1 Å². The molecule has 2 heteroatoms. The topological polar surface area (TPSA) is 32.3 Å². The molecule has 16 heavy (non-hydrogen) atoms. The fraction of sp³-hybridized carbons (Fsp3) is 1.00. The molecule has 2 aliphatic carbocycles. The third kappa shape index (κ3) is 1.70. The van der Waals surface area contributed by atoms with Crippen LogP contribution in [-0.4, -0.2) is 23.8 Å². The van der Waals surface area contributed by atoms with Crippen LogP contribution in [0.25, 0.3) is 0 Å². The van der Waals surface area contributed by atoms with Gasteiger partial charge in [-0.1, -0.05) is 27.7 Å². The zero-order valence-electron chi connectivity index (χ0n) is 11.2. The lowest BCUT2D eigenvalue weighted by molar-refractivity contribution is 0.0860. The van der Waals surface area contributed by atoms with Crippen molar-refractivity contribution in [2.45, 2.75) is 65.5 Å². The molecule has 1 unspecified atom stereocenters. The molecule has 2 rings (SSSR count). The van der Waals surface area contributed by atoms with E-state index < -0.39 is 0 Å². The summed E-state index contributed by atoms with van der Waals surface area (Å²) in [6, 6.07) is 0.858. The number of nitrogens with one attached hydrogen (secondary N) is 1. The molecule has 0 aliphatic heterocycles. The minimum atomic E-state index is 0.268. The molecule has 2 N–H and O–H groups in total. The second-order valence-corrected chi connectivity index (χ2v) is 6.80. The van der Waals surface area contributed by atoms with Gasteiger partial charge in [-0.15, -0.1) is 0 Å². The highest BCUT2D eigenvalue weighted by atomic mass is 16.3. The summed E-state index contributed by atoms with van der Waals surface area (Å²) in [4.78, 5) is 0. The molecule has 0 spiro atoms. The number of hydrogen-bond acceptors (Lipinski definition) is 2.